The third-order valence-electron chi connectivity index (χ3n) is 4.53. The predicted octanol–water partition coefficient (Wildman–Crippen LogP) is 2.23. The Kier molecular flexibility index (Phi) is 4.31. The maximum Gasteiger partial charge on any atom is 0.253 e. The minimum absolute atomic E-state index is 0.113. The molecule has 6 nitrogen and oxygen atoms in total. The van der Waals surface area contributed by atoms with Crippen LogP contribution in [0.5, 0.6) is 0 Å². The molecule has 1 aromatic carbocycles. The number of H-pyrrole nitrogens is 1. The van der Waals surface area contributed by atoms with Crippen molar-refractivity contribution in [3.8, 4) is 0 Å². The molecule has 0 aliphatic carbocycles. The van der Waals surface area contributed by atoms with Crippen LogP contribution in [-0.2, 0) is 17.6 Å². The Bertz CT molecular complexity index is 1020. The number of carbonyl (C=O) groups excluding carboxylic acids is 1. The Balaban J connectivity index is 1.58. The lowest BCUT2D eigenvalue weighted by molar-refractivity contribution is -0.118. The summed E-state index contributed by atoms with van der Waals surface area (Å²) in [6.07, 6.45) is 4.79. The summed E-state index contributed by atoms with van der Waals surface area (Å²) in [5.74, 6) is -0.411. The Hall–Kier alpha value is -3.29. The lowest BCUT2D eigenvalue weighted by Gasteiger charge is -2.23. The van der Waals surface area contributed by atoms with Crippen molar-refractivity contribution in [2.75, 3.05) is 16.3 Å². The van der Waals surface area contributed by atoms with Crippen molar-refractivity contribution < 1.29 is 13.6 Å². The van der Waals surface area contributed by atoms with Crippen molar-refractivity contribution in [1.82, 2.24) is 9.97 Å². The van der Waals surface area contributed by atoms with Gasteiger partial charge in [-0.1, -0.05) is 12.1 Å². The lowest BCUT2D eigenvalue weighted by Crippen LogP contribution is -2.33. The average Bonchev–Trinajstić information content (AvgIpc) is 3.07. The van der Waals surface area contributed by atoms with E-state index in [1.807, 2.05) is 0 Å². The number of nitrogens with one attached hydrogen (secondary N) is 1. The summed E-state index contributed by atoms with van der Waals surface area (Å²) in [5, 5.41) is 0. The van der Waals surface area contributed by atoms with Gasteiger partial charge in [-0.2, -0.15) is 0 Å². The number of allylic oxidation sites excluding steroid dienone is 2. The molecule has 27 heavy (non-hydrogen) atoms. The van der Waals surface area contributed by atoms with E-state index in [9.17, 15) is 18.4 Å². The van der Waals surface area contributed by atoms with Crippen LogP contribution in [0.3, 0.4) is 0 Å². The monoisotopic (exact) mass is 370 g/mol. The van der Waals surface area contributed by atoms with E-state index in [1.165, 1.54) is 34.2 Å². The number of hydrogen-bond acceptors (Lipinski definition) is 4. The fourth-order valence-electron chi connectivity index (χ4n) is 3.28. The zero-order chi connectivity index (χ0) is 19.0. The van der Waals surface area contributed by atoms with Crippen molar-refractivity contribution in [3.05, 3.63) is 76.3 Å². The third kappa shape index (κ3) is 3.25. The van der Waals surface area contributed by atoms with E-state index in [2.05, 4.69) is 9.97 Å². The van der Waals surface area contributed by atoms with Crippen LogP contribution in [0.4, 0.5) is 20.3 Å². The minimum Gasteiger partial charge on any atom is -0.311 e. The molecule has 1 atom stereocenters. The van der Waals surface area contributed by atoms with Crippen LogP contribution < -0.4 is 15.4 Å². The van der Waals surface area contributed by atoms with Crippen molar-refractivity contribution in [2.45, 2.75) is 19.1 Å². The standard InChI is InChI=1S/C19H16F2N4O2/c20-13-4-3-5-14-12(13)7-9-24(14)19(27)10-16-22-17(11-18(26)23-16)25-8-2-1-6-15(25)21/h1-6,8,11,15H,7,9-10H2,(H,22,23,26). The first-order valence-corrected chi connectivity index (χ1v) is 8.48. The van der Waals surface area contributed by atoms with E-state index in [-0.39, 0.29) is 29.8 Å². The number of rotatable bonds is 3. The van der Waals surface area contributed by atoms with E-state index in [0.29, 0.717) is 24.2 Å². The first-order valence-electron chi connectivity index (χ1n) is 8.48. The molecule has 1 amide bonds. The number of aromatic nitrogens is 2. The fourth-order valence-corrected chi connectivity index (χ4v) is 3.28. The molecule has 0 fully saturated rings. The molecule has 4 rings (SSSR count). The molecule has 2 aromatic rings. The van der Waals surface area contributed by atoms with Gasteiger partial charge in [0.05, 0.1) is 6.42 Å². The van der Waals surface area contributed by atoms with Crippen LogP contribution >= 0.6 is 0 Å². The molecule has 2 aliphatic rings. The van der Waals surface area contributed by atoms with Gasteiger partial charge in [-0.25, -0.2) is 13.8 Å². The summed E-state index contributed by atoms with van der Waals surface area (Å²) in [6, 6.07) is 5.78. The smallest absolute Gasteiger partial charge is 0.253 e. The number of nitrogens with zero attached hydrogens (tertiary/aromatic N) is 3. The minimum atomic E-state index is -1.44. The highest BCUT2D eigenvalue weighted by Crippen LogP contribution is 2.30. The molecule has 1 N–H and O–H groups in total. The number of halogens is 2. The second-order valence-electron chi connectivity index (χ2n) is 6.27. The van der Waals surface area contributed by atoms with E-state index in [4.69, 9.17) is 0 Å². The van der Waals surface area contributed by atoms with Gasteiger partial charge in [-0.15, -0.1) is 0 Å². The molecule has 8 heteroatoms. The van der Waals surface area contributed by atoms with Crippen LogP contribution in [0.15, 0.2) is 53.5 Å². The highest BCUT2D eigenvalue weighted by Gasteiger charge is 2.27. The fraction of sp³-hybridized carbons (Fsp3) is 0.211. The van der Waals surface area contributed by atoms with Gasteiger partial charge in [0.15, 0.2) is 6.30 Å². The zero-order valence-corrected chi connectivity index (χ0v) is 14.2. The third-order valence-corrected chi connectivity index (χ3v) is 4.53. The normalized spacial score (nSPS) is 18.1. The number of anilines is 2. The molecule has 0 bridgehead atoms. The van der Waals surface area contributed by atoms with Gasteiger partial charge in [0.2, 0.25) is 5.91 Å². The highest BCUT2D eigenvalue weighted by molar-refractivity contribution is 5.96. The van der Waals surface area contributed by atoms with Crippen LogP contribution in [0.1, 0.15) is 11.4 Å². The zero-order valence-electron chi connectivity index (χ0n) is 14.2. The highest BCUT2D eigenvalue weighted by atomic mass is 19.1. The molecular weight excluding hydrogens is 354 g/mol. The predicted molar refractivity (Wildman–Crippen MR) is 96.7 cm³/mol. The van der Waals surface area contributed by atoms with E-state index in [0.717, 1.165) is 0 Å². The summed E-state index contributed by atoms with van der Waals surface area (Å²) < 4.78 is 27.9. The largest absolute Gasteiger partial charge is 0.311 e. The Morgan fingerprint density at radius 2 is 2.19 bits per heavy atom. The first kappa shape index (κ1) is 17.1. The molecule has 0 radical (unpaired) electrons. The van der Waals surface area contributed by atoms with Gasteiger partial charge in [-0.3, -0.25) is 14.5 Å². The molecule has 1 unspecified atom stereocenters. The average molecular weight is 370 g/mol. The van der Waals surface area contributed by atoms with Crippen molar-refractivity contribution >= 4 is 17.4 Å². The van der Waals surface area contributed by atoms with Gasteiger partial charge in [0.25, 0.3) is 5.56 Å². The Labute approximate surface area is 153 Å². The second-order valence-corrected chi connectivity index (χ2v) is 6.27. The number of aromatic amines is 1. The number of alkyl halides is 1. The van der Waals surface area contributed by atoms with Crippen molar-refractivity contribution in [2.24, 2.45) is 0 Å². The molecule has 1 aromatic heterocycles. The Morgan fingerprint density at radius 1 is 1.33 bits per heavy atom. The number of benzene rings is 1. The van der Waals surface area contributed by atoms with Crippen LogP contribution in [0.2, 0.25) is 0 Å². The van der Waals surface area contributed by atoms with Gasteiger partial charge < -0.3 is 9.88 Å². The molecule has 0 saturated heterocycles. The molecule has 0 saturated carbocycles. The summed E-state index contributed by atoms with van der Waals surface area (Å²) in [6.45, 7) is 0.366. The number of amides is 1. The van der Waals surface area contributed by atoms with E-state index >= 15 is 0 Å². The topological polar surface area (TPSA) is 69.3 Å². The van der Waals surface area contributed by atoms with Gasteiger partial charge in [-0.05, 0) is 30.7 Å². The molecule has 0 spiro atoms. The lowest BCUT2D eigenvalue weighted by atomic mass is 10.1. The second kappa shape index (κ2) is 6.79. The molecule has 138 valence electrons. The quantitative estimate of drug-likeness (QED) is 0.842. The SMILES string of the molecule is O=C(Cc1nc(N2C=CC=CC2F)cc(=O)[nH]1)N1CCc2c(F)cccc21. The summed E-state index contributed by atoms with van der Waals surface area (Å²) in [7, 11) is 0. The number of carbonyl (C=O) groups is 1. The van der Waals surface area contributed by atoms with E-state index in [1.54, 1.807) is 24.3 Å². The first-order chi connectivity index (χ1) is 13.0. The van der Waals surface area contributed by atoms with E-state index < -0.39 is 11.9 Å². The van der Waals surface area contributed by atoms with Crippen LogP contribution in [-0.4, -0.2) is 28.7 Å². The van der Waals surface area contributed by atoms with Gasteiger partial charge in [0, 0.05) is 30.1 Å². The van der Waals surface area contributed by atoms with Crippen LogP contribution in [0, 0.1) is 5.82 Å². The molecular formula is C19H16F2N4O2. The van der Waals surface area contributed by atoms with Crippen molar-refractivity contribution in [1.29, 1.82) is 0 Å². The van der Waals surface area contributed by atoms with Gasteiger partial charge in [0.1, 0.15) is 17.5 Å². The maximum absolute atomic E-state index is 14.0. The maximum atomic E-state index is 14.0. The van der Waals surface area contributed by atoms with Crippen molar-refractivity contribution in [3.63, 3.8) is 0 Å². The Morgan fingerprint density at radius 3 is 3.00 bits per heavy atom. The molecule has 3 heterocycles. The summed E-state index contributed by atoms with van der Waals surface area (Å²) >= 11 is 0. The van der Waals surface area contributed by atoms with Crippen LogP contribution in [0.25, 0.3) is 0 Å². The number of fused-ring (bicyclic) bond motifs is 1. The summed E-state index contributed by atoms with van der Waals surface area (Å²) in [4.78, 5) is 34.0. The van der Waals surface area contributed by atoms with Gasteiger partial charge >= 0.3 is 0 Å². The number of hydrogen-bond donors (Lipinski definition) is 1. The summed E-state index contributed by atoms with van der Waals surface area (Å²) in [5.41, 5.74) is 0.559. The molecule has 2 aliphatic heterocycles.